The average Bonchev–Trinajstić information content (AvgIpc) is 1.87. The van der Waals surface area contributed by atoms with Gasteiger partial charge in [0.1, 0.15) is 0 Å². The number of thiocarbonyl (C=S) groups is 2. The van der Waals surface area contributed by atoms with Gasteiger partial charge in [0.05, 0.1) is 13.2 Å². The minimum atomic E-state index is 0. The summed E-state index contributed by atoms with van der Waals surface area (Å²) in [6, 6.07) is 0. The van der Waals surface area contributed by atoms with Gasteiger partial charge in [-0.05, 0) is 13.8 Å². The first-order chi connectivity index (χ1) is 5.54. The SMILES string of the molecule is CCOC(=S)[S-].CCOC(=S)[S-].[Pb+2]. The summed E-state index contributed by atoms with van der Waals surface area (Å²) in [6.07, 6.45) is 0. The zero-order chi connectivity index (χ0) is 9.98. The van der Waals surface area contributed by atoms with Crippen molar-refractivity contribution in [2.24, 2.45) is 0 Å². The van der Waals surface area contributed by atoms with Crippen LogP contribution in [0.1, 0.15) is 13.8 Å². The molecule has 0 rings (SSSR count). The topological polar surface area (TPSA) is 18.5 Å². The Hall–Kier alpha value is 1.14. The second kappa shape index (κ2) is 15.6. The number of hydrogen-bond donors (Lipinski definition) is 0. The molecule has 0 aliphatic carbocycles. The molecule has 0 atom stereocenters. The number of ether oxygens (including phenoxy) is 2. The molecule has 0 saturated heterocycles. The molecule has 13 heavy (non-hydrogen) atoms. The molecule has 2 radical (unpaired) electrons. The zero-order valence-corrected chi connectivity index (χ0v) is 14.5. The van der Waals surface area contributed by atoms with Gasteiger partial charge < -0.3 is 59.2 Å². The van der Waals surface area contributed by atoms with E-state index in [1.165, 1.54) is 0 Å². The first kappa shape index (κ1) is 19.7. The van der Waals surface area contributed by atoms with Crippen LogP contribution in [0.4, 0.5) is 0 Å². The molecule has 0 heterocycles. The second-order valence-corrected chi connectivity index (χ2v) is 3.37. The van der Waals surface area contributed by atoms with Crippen LogP contribution in [0.25, 0.3) is 0 Å². The zero-order valence-electron chi connectivity index (χ0n) is 7.36. The van der Waals surface area contributed by atoms with Crippen molar-refractivity contribution in [3.63, 3.8) is 0 Å². The summed E-state index contributed by atoms with van der Waals surface area (Å²) < 4.78 is 9.59. The third kappa shape index (κ3) is 32.0. The Morgan fingerprint density at radius 2 is 1.23 bits per heavy atom. The van der Waals surface area contributed by atoms with E-state index in [1.807, 2.05) is 13.8 Å². The van der Waals surface area contributed by atoms with E-state index in [1.54, 1.807) is 0 Å². The molecular weight excluding hydrogens is 440 g/mol. The van der Waals surface area contributed by atoms with Crippen molar-refractivity contribution in [2.75, 3.05) is 13.2 Å². The molecule has 0 fully saturated rings. The van der Waals surface area contributed by atoms with Crippen molar-refractivity contribution in [1.29, 1.82) is 0 Å². The molecule has 0 unspecified atom stereocenters. The molecule has 2 nitrogen and oxygen atoms in total. The minimum absolute atomic E-state index is 0. The van der Waals surface area contributed by atoms with Crippen molar-refractivity contribution in [3.8, 4) is 0 Å². The monoisotopic (exact) mass is 450 g/mol. The quantitative estimate of drug-likeness (QED) is 0.357. The molecule has 7 heteroatoms. The van der Waals surface area contributed by atoms with Crippen LogP contribution >= 0.6 is 24.4 Å². The summed E-state index contributed by atoms with van der Waals surface area (Å²) in [4.78, 5) is 0. The summed E-state index contributed by atoms with van der Waals surface area (Å²) in [6.45, 7) is 4.86. The molecule has 0 bridgehead atoms. The average molecular weight is 450 g/mol. The molecule has 0 spiro atoms. The van der Waals surface area contributed by atoms with Gasteiger partial charge in [0.2, 0.25) is 0 Å². The van der Waals surface area contributed by atoms with Crippen molar-refractivity contribution >= 4 is 85.8 Å². The van der Waals surface area contributed by atoms with E-state index in [4.69, 9.17) is 0 Å². The van der Waals surface area contributed by atoms with Gasteiger partial charge in [0.25, 0.3) is 0 Å². The van der Waals surface area contributed by atoms with Crippen molar-refractivity contribution in [2.45, 2.75) is 13.8 Å². The molecule has 0 aliphatic heterocycles. The van der Waals surface area contributed by atoms with Gasteiger partial charge in [0.15, 0.2) is 0 Å². The van der Waals surface area contributed by atoms with E-state index < -0.39 is 0 Å². The summed E-state index contributed by atoms with van der Waals surface area (Å²) in [5.74, 6) is 0. The molecule has 0 saturated carbocycles. The van der Waals surface area contributed by atoms with Gasteiger partial charge in [-0.3, -0.25) is 0 Å². The Labute approximate surface area is 121 Å². The molecule has 0 amide bonds. The first-order valence-electron chi connectivity index (χ1n) is 3.22. The van der Waals surface area contributed by atoms with Crippen LogP contribution in [0.2, 0.25) is 0 Å². The fourth-order valence-corrected chi connectivity index (χ4v) is 0.707. The van der Waals surface area contributed by atoms with Crippen LogP contribution in [0, 0.1) is 0 Å². The summed E-state index contributed by atoms with van der Waals surface area (Å²) in [5, 5.41) is 0. The van der Waals surface area contributed by atoms with Crippen molar-refractivity contribution in [3.05, 3.63) is 0 Å². The summed E-state index contributed by atoms with van der Waals surface area (Å²) in [7, 11) is 0. The molecular formula is C6H10O2PbS4. The van der Waals surface area contributed by atoms with Crippen LogP contribution in [0.15, 0.2) is 0 Å². The maximum atomic E-state index is 4.59. The van der Waals surface area contributed by atoms with Crippen molar-refractivity contribution < 1.29 is 9.47 Å². The van der Waals surface area contributed by atoms with Crippen LogP contribution < -0.4 is 0 Å². The van der Waals surface area contributed by atoms with E-state index in [0.29, 0.717) is 13.2 Å². The van der Waals surface area contributed by atoms with Crippen molar-refractivity contribution in [1.82, 2.24) is 0 Å². The Morgan fingerprint density at radius 3 is 1.23 bits per heavy atom. The Kier molecular flexibility index (Phi) is 23.6. The van der Waals surface area contributed by atoms with Gasteiger partial charge in [0, 0.05) is 8.77 Å². The Bertz CT molecular complexity index is 127. The predicted molar refractivity (Wildman–Crippen MR) is 68.9 cm³/mol. The number of hydrogen-bond acceptors (Lipinski definition) is 6. The molecule has 0 aromatic carbocycles. The minimum Gasteiger partial charge on any atom is -0.514 e. The summed E-state index contributed by atoms with van der Waals surface area (Å²) >= 11 is 17.5. The largest absolute Gasteiger partial charge is 2.00 e. The van der Waals surface area contributed by atoms with Gasteiger partial charge >= 0.3 is 27.3 Å². The molecule has 0 aromatic heterocycles. The molecule has 0 N–H and O–H groups in total. The molecule has 0 aliphatic rings. The maximum absolute atomic E-state index is 4.59. The van der Waals surface area contributed by atoms with Crippen LogP contribution in [0.3, 0.4) is 0 Å². The normalized spacial score (nSPS) is 6.92. The fourth-order valence-electron chi connectivity index (χ4n) is 0.236. The van der Waals surface area contributed by atoms with Gasteiger partial charge in [-0.1, -0.05) is 0 Å². The third-order valence-corrected chi connectivity index (χ3v) is 0.996. The first-order valence-corrected chi connectivity index (χ1v) is 4.85. The van der Waals surface area contributed by atoms with Gasteiger partial charge in [-0.25, -0.2) is 0 Å². The maximum Gasteiger partial charge on any atom is 2.00 e. The Morgan fingerprint density at radius 1 is 1.00 bits per heavy atom. The fraction of sp³-hybridized carbons (Fsp3) is 0.667. The van der Waals surface area contributed by atoms with Gasteiger partial charge in [-0.2, -0.15) is 0 Å². The van der Waals surface area contributed by atoms with E-state index in [-0.39, 0.29) is 36.1 Å². The van der Waals surface area contributed by atoms with Crippen LogP contribution in [0.5, 0.6) is 0 Å². The predicted octanol–water partition coefficient (Wildman–Crippen LogP) is 1.33. The summed E-state index contributed by atoms with van der Waals surface area (Å²) in [5.41, 5.74) is 0. The van der Waals surface area contributed by atoms with E-state index in [0.717, 1.165) is 0 Å². The van der Waals surface area contributed by atoms with Crippen LogP contribution in [-0.2, 0) is 34.7 Å². The van der Waals surface area contributed by atoms with E-state index in [2.05, 4.69) is 59.2 Å². The van der Waals surface area contributed by atoms with E-state index >= 15 is 0 Å². The number of rotatable bonds is 2. The molecule has 74 valence electrons. The van der Waals surface area contributed by atoms with E-state index in [9.17, 15) is 0 Å². The van der Waals surface area contributed by atoms with Crippen LogP contribution in [-0.4, -0.2) is 49.3 Å². The second-order valence-electron chi connectivity index (χ2n) is 1.37. The molecule has 0 aromatic rings. The van der Waals surface area contributed by atoms with Gasteiger partial charge in [-0.15, -0.1) is 0 Å². The smallest absolute Gasteiger partial charge is 0.514 e. The third-order valence-electron chi connectivity index (χ3n) is 0.524. The standard InChI is InChI=1S/2C3H6OS2.Pb/c2*1-2-4-3(5)6;/h2*2H2,1H3,(H,5,6);/q;;+2/p-2. The Balaban J connectivity index is -0.000000143.